The second-order valence-corrected chi connectivity index (χ2v) is 4.64. The fraction of sp³-hybridized carbons (Fsp3) is 0.357. The third-order valence-corrected chi connectivity index (χ3v) is 2.99. The van der Waals surface area contributed by atoms with Crippen LogP contribution in [0.5, 0.6) is 0 Å². The zero-order valence-electron chi connectivity index (χ0n) is 11.5. The first-order chi connectivity index (χ1) is 9.60. The first-order valence-electron chi connectivity index (χ1n) is 6.38. The minimum Gasteiger partial charge on any atom is -0.469 e. The Hall–Kier alpha value is -2.37. The number of hydrogen-bond acceptors (Lipinski definition) is 4. The molecule has 1 aromatic carbocycles. The Bertz CT molecular complexity index is 621. The van der Waals surface area contributed by atoms with Crippen LogP contribution in [0, 0.1) is 0 Å². The number of amides is 1. The van der Waals surface area contributed by atoms with Crippen molar-refractivity contribution in [1.82, 2.24) is 15.5 Å². The van der Waals surface area contributed by atoms with Gasteiger partial charge in [0.2, 0.25) is 5.91 Å². The van der Waals surface area contributed by atoms with Gasteiger partial charge in [0, 0.05) is 11.4 Å². The van der Waals surface area contributed by atoms with Crippen LogP contribution < -0.4 is 5.32 Å². The van der Waals surface area contributed by atoms with E-state index in [-0.39, 0.29) is 30.8 Å². The lowest BCUT2D eigenvalue weighted by atomic mass is 10.1. The number of hydrogen-bond donors (Lipinski definition) is 2. The van der Waals surface area contributed by atoms with Gasteiger partial charge in [-0.25, -0.2) is 0 Å². The van der Waals surface area contributed by atoms with Crippen molar-refractivity contribution < 1.29 is 14.3 Å². The lowest BCUT2D eigenvalue weighted by molar-refractivity contribution is -0.141. The number of fused-ring (bicyclic) bond motifs is 1. The summed E-state index contributed by atoms with van der Waals surface area (Å²) in [5, 5.41) is 10.7. The predicted octanol–water partition coefficient (Wildman–Crippen LogP) is 1.17. The van der Waals surface area contributed by atoms with Gasteiger partial charge in [0.05, 0.1) is 31.2 Å². The van der Waals surface area contributed by atoms with Crippen LogP contribution in [0.25, 0.3) is 10.9 Å². The van der Waals surface area contributed by atoms with Crippen molar-refractivity contribution in [1.29, 1.82) is 0 Å². The number of nitrogens with one attached hydrogen (secondary N) is 2. The fourth-order valence-corrected chi connectivity index (χ4v) is 2.02. The third kappa shape index (κ3) is 3.34. The van der Waals surface area contributed by atoms with Gasteiger partial charge in [-0.15, -0.1) is 0 Å². The van der Waals surface area contributed by atoms with E-state index in [9.17, 15) is 9.59 Å². The van der Waals surface area contributed by atoms with E-state index in [1.807, 2.05) is 24.3 Å². The van der Waals surface area contributed by atoms with Crippen LogP contribution in [0.4, 0.5) is 0 Å². The fourth-order valence-electron chi connectivity index (χ4n) is 2.02. The van der Waals surface area contributed by atoms with E-state index in [0.29, 0.717) is 0 Å². The highest BCUT2D eigenvalue weighted by Crippen LogP contribution is 2.15. The summed E-state index contributed by atoms with van der Waals surface area (Å²) in [5.74, 6) is -0.499. The Morgan fingerprint density at radius 2 is 2.15 bits per heavy atom. The molecule has 0 saturated carbocycles. The molecule has 2 rings (SSSR count). The zero-order valence-corrected chi connectivity index (χ0v) is 11.5. The van der Waals surface area contributed by atoms with Gasteiger partial charge in [0.1, 0.15) is 0 Å². The van der Waals surface area contributed by atoms with Gasteiger partial charge < -0.3 is 10.1 Å². The molecule has 1 aromatic heterocycles. The third-order valence-electron chi connectivity index (χ3n) is 2.99. The summed E-state index contributed by atoms with van der Waals surface area (Å²) in [5.41, 5.74) is 1.60. The smallest absolute Gasteiger partial charge is 0.307 e. The average molecular weight is 275 g/mol. The molecule has 0 unspecified atom stereocenters. The highest BCUT2D eigenvalue weighted by atomic mass is 16.5. The molecule has 0 aliphatic rings. The van der Waals surface area contributed by atoms with Gasteiger partial charge in [-0.1, -0.05) is 18.2 Å². The van der Waals surface area contributed by atoms with Crippen LogP contribution >= 0.6 is 0 Å². The van der Waals surface area contributed by atoms with Gasteiger partial charge in [-0.3, -0.25) is 14.7 Å². The monoisotopic (exact) mass is 275 g/mol. The van der Waals surface area contributed by atoms with Gasteiger partial charge in [-0.05, 0) is 13.0 Å². The normalized spacial score (nSPS) is 12.1. The van der Waals surface area contributed by atoms with E-state index in [0.717, 1.165) is 16.6 Å². The lowest BCUT2D eigenvalue weighted by Crippen LogP contribution is -2.35. The quantitative estimate of drug-likeness (QED) is 0.802. The molecule has 0 aliphatic carbocycles. The second-order valence-electron chi connectivity index (χ2n) is 4.64. The highest BCUT2D eigenvalue weighted by Gasteiger charge is 2.14. The summed E-state index contributed by atoms with van der Waals surface area (Å²) in [4.78, 5) is 23.0. The van der Waals surface area contributed by atoms with E-state index < -0.39 is 0 Å². The Morgan fingerprint density at radius 1 is 1.40 bits per heavy atom. The summed E-state index contributed by atoms with van der Waals surface area (Å²) < 4.78 is 4.56. The van der Waals surface area contributed by atoms with Gasteiger partial charge in [0.15, 0.2) is 0 Å². The molecule has 0 saturated heterocycles. The first kappa shape index (κ1) is 14.0. The maximum atomic E-state index is 11.9. The molecule has 0 radical (unpaired) electrons. The molecule has 6 heteroatoms. The van der Waals surface area contributed by atoms with Crippen molar-refractivity contribution in [3.8, 4) is 0 Å². The number of aromatic nitrogens is 2. The van der Waals surface area contributed by atoms with Crippen molar-refractivity contribution in [2.75, 3.05) is 7.11 Å². The molecule has 0 bridgehead atoms. The molecular formula is C14H17N3O3. The lowest BCUT2D eigenvalue weighted by Gasteiger charge is -2.12. The standard InChI is InChI=1S/C14H17N3O3/c1-9(7-14(19)20-2)15-13(18)8-12-10-5-3-4-6-11(10)16-17-12/h3-6,9H,7-8H2,1-2H3,(H,15,18)(H,16,17)/t9-/m0/s1. The molecule has 1 amide bonds. The van der Waals surface area contributed by atoms with Crippen molar-refractivity contribution in [2.24, 2.45) is 0 Å². The summed E-state index contributed by atoms with van der Waals surface area (Å²) in [6.45, 7) is 1.76. The topological polar surface area (TPSA) is 84.1 Å². The molecular weight excluding hydrogens is 258 g/mol. The number of esters is 1. The Morgan fingerprint density at radius 3 is 2.90 bits per heavy atom. The number of nitrogens with zero attached hydrogens (tertiary/aromatic N) is 1. The van der Waals surface area contributed by atoms with E-state index in [4.69, 9.17) is 0 Å². The number of ether oxygens (including phenoxy) is 1. The number of carbonyl (C=O) groups is 2. The summed E-state index contributed by atoms with van der Waals surface area (Å²) in [7, 11) is 1.33. The van der Waals surface area contributed by atoms with Crippen LogP contribution in [0.15, 0.2) is 24.3 Å². The number of carbonyl (C=O) groups excluding carboxylic acids is 2. The van der Waals surface area contributed by atoms with E-state index in [1.165, 1.54) is 7.11 Å². The van der Waals surface area contributed by atoms with E-state index >= 15 is 0 Å². The molecule has 2 aromatic rings. The molecule has 0 spiro atoms. The van der Waals surface area contributed by atoms with Crippen molar-refractivity contribution in [3.63, 3.8) is 0 Å². The van der Waals surface area contributed by atoms with Gasteiger partial charge >= 0.3 is 5.97 Å². The number of benzene rings is 1. The maximum absolute atomic E-state index is 11.9. The molecule has 1 heterocycles. The van der Waals surface area contributed by atoms with Crippen molar-refractivity contribution in [3.05, 3.63) is 30.0 Å². The molecule has 106 valence electrons. The predicted molar refractivity (Wildman–Crippen MR) is 74.0 cm³/mol. The minimum absolute atomic E-state index is 0.157. The molecule has 1 atom stereocenters. The van der Waals surface area contributed by atoms with Gasteiger partial charge in [-0.2, -0.15) is 5.10 Å². The average Bonchev–Trinajstić information content (AvgIpc) is 2.81. The molecule has 0 fully saturated rings. The Labute approximate surface area is 116 Å². The minimum atomic E-state index is -0.343. The molecule has 6 nitrogen and oxygen atoms in total. The van der Waals surface area contributed by atoms with Crippen LogP contribution in [0.2, 0.25) is 0 Å². The summed E-state index contributed by atoms with van der Waals surface area (Å²) >= 11 is 0. The summed E-state index contributed by atoms with van der Waals surface area (Å²) in [6.07, 6.45) is 0.359. The maximum Gasteiger partial charge on any atom is 0.307 e. The number of aromatic amines is 1. The molecule has 20 heavy (non-hydrogen) atoms. The van der Waals surface area contributed by atoms with E-state index in [1.54, 1.807) is 6.92 Å². The van der Waals surface area contributed by atoms with Crippen LogP contribution in [0.1, 0.15) is 19.0 Å². The summed E-state index contributed by atoms with van der Waals surface area (Å²) in [6, 6.07) is 7.33. The van der Waals surface area contributed by atoms with Crippen LogP contribution in [-0.4, -0.2) is 35.2 Å². The molecule has 0 aliphatic heterocycles. The largest absolute Gasteiger partial charge is 0.469 e. The van der Waals surface area contributed by atoms with Gasteiger partial charge in [0.25, 0.3) is 0 Å². The first-order valence-corrected chi connectivity index (χ1v) is 6.38. The second kappa shape index (κ2) is 6.18. The van der Waals surface area contributed by atoms with E-state index in [2.05, 4.69) is 20.3 Å². The van der Waals surface area contributed by atoms with Crippen molar-refractivity contribution in [2.45, 2.75) is 25.8 Å². The Balaban J connectivity index is 1.96. The highest BCUT2D eigenvalue weighted by molar-refractivity contribution is 5.87. The Kier molecular flexibility index (Phi) is 4.34. The SMILES string of the molecule is COC(=O)C[C@H](C)NC(=O)Cc1[nH]nc2ccccc12. The number of rotatable bonds is 5. The number of methoxy groups -OCH3 is 1. The van der Waals surface area contributed by atoms with Crippen molar-refractivity contribution >= 4 is 22.8 Å². The number of para-hydroxylation sites is 1. The van der Waals surface area contributed by atoms with Crippen LogP contribution in [0.3, 0.4) is 0 Å². The molecule has 2 N–H and O–H groups in total. The zero-order chi connectivity index (χ0) is 14.5. The number of H-pyrrole nitrogens is 1. The van der Waals surface area contributed by atoms with Crippen LogP contribution in [-0.2, 0) is 20.7 Å².